The molecule has 14 heavy (non-hydrogen) atoms. The summed E-state index contributed by atoms with van der Waals surface area (Å²) < 4.78 is 5.57. The molecule has 3 N–H and O–H groups in total. The highest BCUT2D eigenvalue weighted by atomic mass is 16.5. The van der Waals surface area contributed by atoms with Crippen molar-refractivity contribution in [2.75, 3.05) is 0 Å². The van der Waals surface area contributed by atoms with Crippen LogP contribution in [0.3, 0.4) is 0 Å². The van der Waals surface area contributed by atoms with Crippen LogP contribution in [-0.2, 0) is 6.54 Å². The van der Waals surface area contributed by atoms with Crippen molar-refractivity contribution in [3.05, 3.63) is 42.2 Å². The number of hydrogen-bond donors (Lipinski definition) is 2. The number of ether oxygens (including phenoxy) is 1. The quantitative estimate of drug-likeness (QED) is 0.771. The van der Waals surface area contributed by atoms with Gasteiger partial charge in [0.1, 0.15) is 5.75 Å². The fraction of sp³-hybridized carbons (Fsp3) is 0.100. The highest BCUT2D eigenvalue weighted by molar-refractivity contribution is 5.36. The standard InChI is InChI=1S/C10H11N3O/c11-5-8-3-1-2-4-10(8)14-9-6-12-13-7-9/h1-4,6-7H,5,11H2,(H,12,13). The van der Waals surface area contributed by atoms with Crippen molar-refractivity contribution in [3.8, 4) is 11.5 Å². The van der Waals surface area contributed by atoms with Gasteiger partial charge in [-0.25, -0.2) is 0 Å². The molecule has 1 aromatic carbocycles. The normalized spacial score (nSPS) is 10.1. The number of aromatic amines is 1. The van der Waals surface area contributed by atoms with Gasteiger partial charge >= 0.3 is 0 Å². The Morgan fingerprint density at radius 3 is 2.93 bits per heavy atom. The van der Waals surface area contributed by atoms with Gasteiger partial charge in [-0.15, -0.1) is 0 Å². The molecule has 4 heteroatoms. The van der Waals surface area contributed by atoms with Crippen LogP contribution in [0, 0.1) is 0 Å². The van der Waals surface area contributed by atoms with Gasteiger partial charge in [0.25, 0.3) is 0 Å². The fourth-order valence-corrected chi connectivity index (χ4v) is 1.19. The summed E-state index contributed by atoms with van der Waals surface area (Å²) in [5.74, 6) is 1.46. The van der Waals surface area contributed by atoms with Gasteiger partial charge in [-0.3, -0.25) is 5.10 Å². The number of nitrogens with one attached hydrogen (secondary N) is 1. The van der Waals surface area contributed by atoms with Crippen LogP contribution >= 0.6 is 0 Å². The number of rotatable bonds is 3. The summed E-state index contributed by atoms with van der Waals surface area (Å²) >= 11 is 0. The van der Waals surface area contributed by atoms with Gasteiger partial charge in [0.05, 0.1) is 12.4 Å². The molecule has 72 valence electrons. The maximum atomic E-state index is 5.58. The van der Waals surface area contributed by atoms with Crippen molar-refractivity contribution in [2.45, 2.75) is 6.54 Å². The highest BCUT2D eigenvalue weighted by Gasteiger charge is 2.02. The topological polar surface area (TPSA) is 63.9 Å². The third kappa shape index (κ3) is 1.75. The van der Waals surface area contributed by atoms with E-state index >= 15 is 0 Å². The zero-order valence-electron chi connectivity index (χ0n) is 7.60. The van der Waals surface area contributed by atoms with Crippen LogP contribution in [0.1, 0.15) is 5.56 Å². The van der Waals surface area contributed by atoms with E-state index in [9.17, 15) is 0 Å². The second kappa shape index (κ2) is 3.93. The summed E-state index contributed by atoms with van der Waals surface area (Å²) in [4.78, 5) is 0. The average molecular weight is 189 g/mol. The largest absolute Gasteiger partial charge is 0.454 e. The fourth-order valence-electron chi connectivity index (χ4n) is 1.19. The molecule has 0 saturated carbocycles. The molecule has 0 fully saturated rings. The minimum Gasteiger partial charge on any atom is -0.454 e. The lowest BCUT2D eigenvalue weighted by Gasteiger charge is -2.06. The second-order valence-corrected chi connectivity index (χ2v) is 2.85. The maximum absolute atomic E-state index is 5.58. The van der Waals surface area contributed by atoms with E-state index in [1.165, 1.54) is 0 Å². The Hall–Kier alpha value is -1.81. The monoisotopic (exact) mass is 189 g/mol. The lowest BCUT2D eigenvalue weighted by atomic mass is 10.2. The van der Waals surface area contributed by atoms with Crippen molar-refractivity contribution in [3.63, 3.8) is 0 Å². The molecule has 0 radical (unpaired) electrons. The van der Waals surface area contributed by atoms with E-state index in [1.54, 1.807) is 12.4 Å². The van der Waals surface area contributed by atoms with E-state index < -0.39 is 0 Å². The van der Waals surface area contributed by atoms with Gasteiger partial charge in [-0.1, -0.05) is 18.2 Å². The van der Waals surface area contributed by atoms with E-state index in [0.717, 1.165) is 11.3 Å². The van der Waals surface area contributed by atoms with Crippen LogP contribution < -0.4 is 10.5 Å². The molecule has 0 atom stereocenters. The number of hydrogen-bond acceptors (Lipinski definition) is 3. The van der Waals surface area contributed by atoms with Crippen molar-refractivity contribution in [1.82, 2.24) is 10.2 Å². The lowest BCUT2D eigenvalue weighted by molar-refractivity contribution is 0.476. The van der Waals surface area contributed by atoms with E-state index in [2.05, 4.69) is 10.2 Å². The summed E-state index contributed by atoms with van der Waals surface area (Å²) in [6, 6.07) is 7.67. The Kier molecular flexibility index (Phi) is 2.46. The average Bonchev–Trinajstić information content (AvgIpc) is 2.71. The molecule has 4 nitrogen and oxygen atoms in total. The van der Waals surface area contributed by atoms with E-state index in [1.807, 2.05) is 24.3 Å². The lowest BCUT2D eigenvalue weighted by Crippen LogP contribution is -1.98. The van der Waals surface area contributed by atoms with Crippen LogP contribution in [0.2, 0.25) is 0 Å². The van der Waals surface area contributed by atoms with Gasteiger partial charge in [-0.05, 0) is 6.07 Å². The molecule has 0 bridgehead atoms. The molecule has 0 aliphatic rings. The summed E-state index contributed by atoms with van der Waals surface area (Å²) in [5.41, 5.74) is 6.56. The number of nitrogens with zero attached hydrogens (tertiary/aromatic N) is 1. The summed E-state index contributed by atoms with van der Waals surface area (Å²) in [6.07, 6.45) is 3.31. The third-order valence-corrected chi connectivity index (χ3v) is 1.89. The Labute approximate surface area is 81.7 Å². The first-order chi connectivity index (χ1) is 6.90. The van der Waals surface area contributed by atoms with Gasteiger partial charge in [0.2, 0.25) is 0 Å². The van der Waals surface area contributed by atoms with Crippen LogP contribution in [0.4, 0.5) is 0 Å². The van der Waals surface area contributed by atoms with Crippen LogP contribution in [0.15, 0.2) is 36.7 Å². The van der Waals surface area contributed by atoms with Crippen molar-refractivity contribution >= 4 is 0 Å². The maximum Gasteiger partial charge on any atom is 0.165 e. The zero-order chi connectivity index (χ0) is 9.80. The van der Waals surface area contributed by atoms with E-state index in [-0.39, 0.29) is 0 Å². The zero-order valence-corrected chi connectivity index (χ0v) is 7.60. The first kappa shape index (κ1) is 8.77. The highest BCUT2D eigenvalue weighted by Crippen LogP contribution is 2.23. The smallest absolute Gasteiger partial charge is 0.165 e. The van der Waals surface area contributed by atoms with Crippen LogP contribution in [-0.4, -0.2) is 10.2 Å². The molecule has 2 aromatic rings. The molecule has 2 rings (SSSR count). The molecule has 0 saturated heterocycles. The number of benzene rings is 1. The minimum absolute atomic E-state index is 0.466. The Balaban J connectivity index is 2.24. The summed E-state index contributed by atoms with van der Waals surface area (Å²) in [7, 11) is 0. The molecule has 1 heterocycles. The predicted molar refractivity (Wildman–Crippen MR) is 53.0 cm³/mol. The Morgan fingerprint density at radius 1 is 1.36 bits per heavy atom. The molecule has 0 aliphatic heterocycles. The number of aromatic nitrogens is 2. The first-order valence-electron chi connectivity index (χ1n) is 4.35. The van der Waals surface area contributed by atoms with Gasteiger partial charge in [-0.2, -0.15) is 5.10 Å². The van der Waals surface area contributed by atoms with Gasteiger partial charge < -0.3 is 10.5 Å². The van der Waals surface area contributed by atoms with Gasteiger partial charge in [0, 0.05) is 12.1 Å². The molecular weight excluding hydrogens is 178 g/mol. The summed E-state index contributed by atoms with van der Waals surface area (Å²) in [5, 5.41) is 6.47. The molecule has 1 aromatic heterocycles. The van der Waals surface area contributed by atoms with Gasteiger partial charge in [0.15, 0.2) is 5.75 Å². The molecular formula is C10H11N3O. The van der Waals surface area contributed by atoms with Crippen molar-refractivity contribution in [1.29, 1.82) is 0 Å². The van der Waals surface area contributed by atoms with E-state index in [0.29, 0.717) is 12.3 Å². The second-order valence-electron chi connectivity index (χ2n) is 2.85. The molecule has 0 aliphatic carbocycles. The van der Waals surface area contributed by atoms with Crippen LogP contribution in [0.25, 0.3) is 0 Å². The Bertz CT molecular complexity index is 398. The number of nitrogens with two attached hydrogens (primary N) is 1. The third-order valence-electron chi connectivity index (χ3n) is 1.89. The minimum atomic E-state index is 0.466. The number of para-hydroxylation sites is 1. The van der Waals surface area contributed by atoms with Crippen molar-refractivity contribution in [2.24, 2.45) is 5.73 Å². The summed E-state index contributed by atoms with van der Waals surface area (Å²) in [6.45, 7) is 0.466. The van der Waals surface area contributed by atoms with Crippen LogP contribution in [0.5, 0.6) is 11.5 Å². The Morgan fingerprint density at radius 2 is 2.21 bits per heavy atom. The molecule has 0 amide bonds. The molecule has 0 spiro atoms. The predicted octanol–water partition coefficient (Wildman–Crippen LogP) is 1.66. The van der Waals surface area contributed by atoms with E-state index in [4.69, 9.17) is 10.5 Å². The molecule has 0 unspecified atom stereocenters. The van der Waals surface area contributed by atoms with Crippen molar-refractivity contribution < 1.29 is 4.74 Å². The SMILES string of the molecule is NCc1ccccc1Oc1cn[nH]c1. The number of H-pyrrole nitrogens is 1. The first-order valence-corrected chi connectivity index (χ1v) is 4.35.